The molecule has 0 aliphatic carbocycles. The zero-order valence-electron chi connectivity index (χ0n) is 12.7. The number of esters is 1. The van der Waals surface area contributed by atoms with E-state index >= 15 is 0 Å². The van der Waals surface area contributed by atoms with Gasteiger partial charge in [0, 0.05) is 19.7 Å². The molecule has 0 N–H and O–H groups in total. The molecule has 6 nitrogen and oxygen atoms in total. The van der Waals surface area contributed by atoms with E-state index < -0.39 is 16.0 Å². The Labute approximate surface area is 129 Å². The third-order valence-electron chi connectivity index (χ3n) is 2.93. The first-order valence-electron chi connectivity index (χ1n) is 6.64. The first kappa shape index (κ1) is 18.1. The van der Waals surface area contributed by atoms with Crippen LogP contribution in [0.25, 0.3) is 0 Å². The first-order valence-corrected chi connectivity index (χ1v) is 8.96. The molecule has 0 aliphatic heterocycles. The van der Waals surface area contributed by atoms with Crippen molar-refractivity contribution in [3.8, 4) is 0 Å². The quantitative estimate of drug-likeness (QED) is 0.536. The van der Waals surface area contributed by atoms with Gasteiger partial charge < -0.3 is 9.47 Å². The molecule has 0 spiro atoms. The molecular formula is C13H21NO5S2. The van der Waals surface area contributed by atoms with Gasteiger partial charge >= 0.3 is 5.97 Å². The number of likely N-dealkylation sites (N-methyl/N-ethyl adjacent to an activating group) is 1. The van der Waals surface area contributed by atoms with E-state index in [-0.39, 0.29) is 16.3 Å². The second kappa shape index (κ2) is 7.88. The molecule has 0 saturated heterocycles. The van der Waals surface area contributed by atoms with E-state index in [9.17, 15) is 13.2 Å². The van der Waals surface area contributed by atoms with E-state index in [1.807, 2.05) is 6.92 Å². The molecular weight excluding hydrogens is 314 g/mol. The number of hydrogen-bond acceptors (Lipinski definition) is 6. The zero-order chi connectivity index (χ0) is 16.0. The molecule has 1 aromatic rings. The Balaban J connectivity index is 3.16. The lowest BCUT2D eigenvalue weighted by atomic mass is 10.3. The lowest BCUT2D eigenvalue weighted by Crippen LogP contribution is -2.34. The van der Waals surface area contributed by atoms with Gasteiger partial charge in [-0.25, -0.2) is 13.2 Å². The van der Waals surface area contributed by atoms with Crippen molar-refractivity contribution in [2.45, 2.75) is 25.7 Å². The number of thiophene rings is 1. The average Bonchev–Trinajstić information content (AvgIpc) is 2.85. The molecule has 1 heterocycles. The summed E-state index contributed by atoms with van der Waals surface area (Å²) in [5, 5.41) is 1.65. The van der Waals surface area contributed by atoms with Crippen LogP contribution in [0.5, 0.6) is 0 Å². The van der Waals surface area contributed by atoms with Gasteiger partial charge in [-0.1, -0.05) is 6.92 Å². The summed E-state index contributed by atoms with van der Waals surface area (Å²) >= 11 is 1.08. The van der Waals surface area contributed by atoms with Crippen LogP contribution in [0.3, 0.4) is 0 Å². The van der Waals surface area contributed by atoms with Gasteiger partial charge in [-0.15, -0.1) is 11.3 Å². The fraction of sp³-hybridized carbons (Fsp3) is 0.615. The third-order valence-corrected chi connectivity index (χ3v) is 6.30. The van der Waals surface area contributed by atoms with Gasteiger partial charge in [-0.05, 0) is 24.8 Å². The van der Waals surface area contributed by atoms with Crippen molar-refractivity contribution in [2.24, 2.45) is 0 Å². The molecule has 21 heavy (non-hydrogen) atoms. The number of carbonyl (C=O) groups excluding carboxylic acids is 1. The highest BCUT2D eigenvalue weighted by Crippen LogP contribution is 2.30. The summed E-state index contributed by atoms with van der Waals surface area (Å²) in [6, 6.07) is 0. The number of rotatable bonds is 8. The average molecular weight is 335 g/mol. The van der Waals surface area contributed by atoms with Crippen LogP contribution in [0, 0.1) is 6.92 Å². The lowest BCUT2D eigenvalue weighted by molar-refractivity contribution is 0.0602. The summed E-state index contributed by atoms with van der Waals surface area (Å²) in [5.74, 6) is -0.632. The van der Waals surface area contributed by atoms with Crippen molar-refractivity contribution in [1.29, 1.82) is 0 Å². The van der Waals surface area contributed by atoms with Gasteiger partial charge in [-0.2, -0.15) is 4.31 Å². The minimum Gasteiger partial charge on any atom is -0.465 e. The molecule has 1 rings (SSSR count). The molecule has 120 valence electrons. The fourth-order valence-electron chi connectivity index (χ4n) is 1.88. The summed E-state index contributed by atoms with van der Waals surface area (Å²) in [4.78, 5) is 11.9. The minimum atomic E-state index is -3.74. The van der Waals surface area contributed by atoms with Gasteiger partial charge in [0.1, 0.15) is 9.77 Å². The van der Waals surface area contributed by atoms with E-state index in [1.165, 1.54) is 11.4 Å². The summed E-state index contributed by atoms with van der Waals surface area (Å²) in [6.07, 6.45) is 0. The smallest absolute Gasteiger partial charge is 0.349 e. The molecule has 0 unspecified atom stereocenters. The van der Waals surface area contributed by atoms with Crippen LogP contribution in [0.4, 0.5) is 0 Å². The predicted octanol–water partition coefficient (Wildman–Crippen LogP) is 1.89. The number of nitrogens with zero attached hydrogens (tertiary/aromatic N) is 1. The monoisotopic (exact) mass is 335 g/mol. The first-order chi connectivity index (χ1) is 9.89. The fourth-order valence-corrected chi connectivity index (χ4v) is 4.97. The molecule has 8 heteroatoms. The maximum atomic E-state index is 12.8. The van der Waals surface area contributed by atoms with Crippen molar-refractivity contribution in [2.75, 3.05) is 33.4 Å². The zero-order valence-corrected chi connectivity index (χ0v) is 14.3. The van der Waals surface area contributed by atoms with E-state index in [0.717, 1.165) is 11.3 Å². The van der Waals surface area contributed by atoms with E-state index in [0.29, 0.717) is 25.3 Å². The molecule has 0 amide bonds. The van der Waals surface area contributed by atoms with Gasteiger partial charge in [-0.3, -0.25) is 0 Å². The Hall–Kier alpha value is -0.960. The Morgan fingerprint density at radius 1 is 1.38 bits per heavy atom. The molecule has 0 saturated carbocycles. The Morgan fingerprint density at radius 2 is 2.05 bits per heavy atom. The number of aryl methyl sites for hydroxylation is 1. The maximum Gasteiger partial charge on any atom is 0.349 e. The third kappa shape index (κ3) is 4.03. The molecule has 0 aliphatic rings. The van der Waals surface area contributed by atoms with Crippen LogP contribution in [-0.2, 0) is 19.5 Å². The van der Waals surface area contributed by atoms with Gasteiger partial charge in [0.15, 0.2) is 0 Å². The van der Waals surface area contributed by atoms with Crippen LogP contribution < -0.4 is 0 Å². The van der Waals surface area contributed by atoms with Crippen LogP contribution >= 0.6 is 11.3 Å². The summed E-state index contributed by atoms with van der Waals surface area (Å²) in [7, 11) is -2.51. The summed E-state index contributed by atoms with van der Waals surface area (Å²) in [5.41, 5.74) is 0.551. The minimum absolute atomic E-state index is 0.0395. The molecule has 0 aromatic carbocycles. The second-order valence-electron chi connectivity index (χ2n) is 4.26. The molecule has 0 atom stereocenters. The Bertz CT molecular complexity index is 579. The highest BCUT2D eigenvalue weighted by molar-refractivity contribution is 7.89. The lowest BCUT2D eigenvalue weighted by Gasteiger charge is -2.21. The summed E-state index contributed by atoms with van der Waals surface area (Å²) in [6.45, 7) is 6.69. The predicted molar refractivity (Wildman–Crippen MR) is 81.3 cm³/mol. The maximum absolute atomic E-state index is 12.8. The van der Waals surface area contributed by atoms with Crippen LogP contribution in [0.15, 0.2) is 10.3 Å². The number of hydrogen-bond donors (Lipinski definition) is 0. The van der Waals surface area contributed by atoms with E-state index in [2.05, 4.69) is 4.74 Å². The van der Waals surface area contributed by atoms with Crippen molar-refractivity contribution < 1.29 is 22.7 Å². The van der Waals surface area contributed by atoms with E-state index in [4.69, 9.17) is 4.74 Å². The number of carbonyl (C=O) groups is 1. The van der Waals surface area contributed by atoms with Crippen molar-refractivity contribution in [3.05, 3.63) is 15.8 Å². The molecule has 0 bridgehead atoms. The topological polar surface area (TPSA) is 72.9 Å². The molecule has 1 aromatic heterocycles. The van der Waals surface area contributed by atoms with Crippen LogP contribution in [0.1, 0.15) is 29.1 Å². The molecule has 0 fully saturated rings. The Morgan fingerprint density at radius 3 is 2.57 bits per heavy atom. The van der Waals surface area contributed by atoms with E-state index in [1.54, 1.807) is 19.2 Å². The van der Waals surface area contributed by atoms with Crippen molar-refractivity contribution in [3.63, 3.8) is 0 Å². The van der Waals surface area contributed by atoms with Crippen molar-refractivity contribution >= 4 is 27.3 Å². The number of methoxy groups -OCH3 is 1. The van der Waals surface area contributed by atoms with Gasteiger partial charge in [0.2, 0.25) is 10.0 Å². The largest absolute Gasteiger partial charge is 0.465 e. The highest BCUT2D eigenvalue weighted by atomic mass is 32.2. The van der Waals surface area contributed by atoms with Gasteiger partial charge in [0.05, 0.1) is 13.7 Å². The number of sulfonamides is 1. The molecule has 0 radical (unpaired) electrons. The van der Waals surface area contributed by atoms with Crippen LogP contribution in [-0.4, -0.2) is 52.1 Å². The second-order valence-corrected chi connectivity index (χ2v) is 7.02. The summed E-state index contributed by atoms with van der Waals surface area (Å²) < 4.78 is 36.7. The SMILES string of the molecule is CCOCCN(CC)S(=O)(=O)c1c(C)csc1C(=O)OC. The highest BCUT2D eigenvalue weighted by Gasteiger charge is 2.31. The van der Waals surface area contributed by atoms with Gasteiger partial charge in [0.25, 0.3) is 0 Å². The number of ether oxygens (including phenoxy) is 2. The van der Waals surface area contributed by atoms with Crippen LogP contribution in [0.2, 0.25) is 0 Å². The normalized spacial score (nSPS) is 11.9. The standard InChI is InChI=1S/C13H21NO5S2/c1-5-14(7-8-19-6-2)21(16,17)12-10(3)9-20-11(12)13(15)18-4/h9H,5-8H2,1-4H3. The van der Waals surface area contributed by atoms with Crippen molar-refractivity contribution in [1.82, 2.24) is 4.31 Å². The Kier molecular flexibility index (Phi) is 6.79.